The molecule has 0 bridgehead atoms. The van der Waals surface area contributed by atoms with Crippen molar-refractivity contribution in [2.45, 2.75) is 19.4 Å². The third-order valence-corrected chi connectivity index (χ3v) is 2.44. The fraction of sp³-hybridized carbons (Fsp3) is 0.667. The molecule has 2 rings (SSSR count). The highest BCUT2D eigenvalue weighted by Gasteiger charge is 2.15. The predicted molar refractivity (Wildman–Crippen MR) is 50.2 cm³/mol. The molecule has 0 saturated carbocycles. The number of nitrogens with zero attached hydrogens (tertiary/aromatic N) is 2. The van der Waals surface area contributed by atoms with Crippen LogP contribution in [0.5, 0.6) is 0 Å². The lowest BCUT2D eigenvalue weighted by atomic mass is 10.1. The van der Waals surface area contributed by atoms with Crippen LogP contribution in [0.3, 0.4) is 0 Å². The molecule has 4 heteroatoms. The van der Waals surface area contributed by atoms with E-state index in [0.717, 1.165) is 31.9 Å². The van der Waals surface area contributed by atoms with E-state index in [2.05, 4.69) is 5.10 Å². The number of hydrogen-bond acceptors (Lipinski definition) is 3. The zero-order chi connectivity index (χ0) is 9.10. The summed E-state index contributed by atoms with van der Waals surface area (Å²) >= 11 is 0. The maximum absolute atomic E-state index is 5.55. The Morgan fingerprint density at radius 3 is 3.23 bits per heavy atom. The number of anilines is 1. The van der Waals surface area contributed by atoms with Crippen LogP contribution in [0.1, 0.15) is 12.8 Å². The Balaban J connectivity index is 1.78. The van der Waals surface area contributed by atoms with Gasteiger partial charge in [0, 0.05) is 26.0 Å². The second-order valence-electron chi connectivity index (χ2n) is 3.56. The van der Waals surface area contributed by atoms with Gasteiger partial charge in [-0.25, -0.2) is 0 Å². The number of ether oxygens (including phenoxy) is 1. The van der Waals surface area contributed by atoms with Gasteiger partial charge in [-0.15, -0.1) is 0 Å². The summed E-state index contributed by atoms with van der Waals surface area (Å²) in [7, 11) is 0. The third-order valence-electron chi connectivity index (χ3n) is 2.44. The lowest BCUT2D eigenvalue weighted by molar-refractivity contribution is 0.183. The van der Waals surface area contributed by atoms with Gasteiger partial charge in [0.15, 0.2) is 0 Å². The summed E-state index contributed by atoms with van der Waals surface area (Å²) in [5, 5.41) is 4.13. The summed E-state index contributed by atoms with van der Waals surface area (Å²) in [6, 6.07) is 0. The smallest absolute Gasteiger partial charge is 0.0719 e. The molecule has 1 saturated heterocycles. The van der Waals surface area contributed by atoms with Gasteiger partial charge in [-0.1, -0.05) is 0 Å². The van der Waals surface area contributed by atoms with E-state index in [1.165, 1.54) is 6.42 Å². The van der Waals surface area contributed by atoms with Crippen molar-refractivity contribution in [3.8, 4) is 0 Å². The molecule has 0 radical (unpaired) electrons. The molecule has 1 aliphatic rings. The summed E-state index contributed by atoms with van der Waals surface area (Å²) in [5.74, 6) is 0.713. The number of rotatable bonds is 3. The molecule has 0 aromatic carbocycles. The van der Waals surface area contributed by atoms with Gasteiger partial charge in [-0.05, 0) is 18.8 Å². The molecular formula is C9H15N3O. The van der Waals surface area contributed by atoms with E-state index in [9.17, 15) is 0 Å². The molecule has 1 fully saturated rings. The van der Waals surface area contributed by atoms with Gasteiger partial charge in [-0.3, -0.25) is 4.68 Å². The van der Waals surface area contributed by atoms with Crippen molar-refractivity contribution >= 4 is 5.69 Å². The van der Waals surface area contributed by atoms with Gasteiger partial charge in [0.25, 0.3) is 0 Å². The van der Waals surface area contributed by atoms with Crippen LogP contribution < -0.4 is 5.73 Å². The van der Waals surface area contributed by atoms with Gasteiger partial charge < -0.3 is 10.5 Å². The van der Waals surface area contributed by atoms with Crippen LogP contribution in [0.15, 0.2) is 12.4 Å². The number of hydrogen-bond donors (Lipinski definition) is 1. The van der Waals surface area contributed by atoms with E-state index < -0.39 is 0 Å². The molecule has 1 aromatic heterocycles. The predicted octanol–water partition coefficient (Wildman–Crippen LogP) is 0.892. The Hall–Kier alpha value is -1.03. The van der Waals surface area contributed by atoms with Crippen molar-refractivity contribution in [2.75, 3.05) is 18.9 Å². The summed E-state index contributed by atoms with van der Waals surface area (Å²) < 4.78 is 7.19. The first-order valence-electron chi connectivity index (χ1n) is 4.70. The topological polar surface area (TPSA) is 53.1 Å². The average molecular weight is 181 g/mol. The van der Waals surface area contributed by atoms with Gasteiger partial charge in [0.1, 0.15) is 0 Å². The van der Waals surface area contributed by atoms with E-state index >= 15 is 0 Å². The van der Waals surface area contributed by atoms with E-state index in [4.69, 9.17) is 10.5 Å². The second-order valence-corrected chi connectivity index (χ2v) is 3.56. The number of nitrogens with two attached hydrogens (primary N) is 1. The monoisotopic (exact) mass is 181 g/mol. The van der Waals surface area contributed by atoms with Crippen LogP contribution in [0.25, 0.3) is 0 Å². The second kappa shape index (κ2) is 3.79. The highest BCUT2D eigenvalue weighted by Crippen LogP contribution is 2.16. The minimum Gasteiger partial charge on any atom is -0.396 e. The van der Waals surface area contributed by atoms with Crippen molar-refractivity contribution in [3.05, 3.63) is 12.4 Å². The first kappa shape index (κ1) is 8.56. The fourth-order valence-electron chi connectivity index (χ4n) is 1.63. The molecule has 1 aliphatic heterocycles. The molecule has 2 N–H and O–H groups in total. The summed E-state index contributed by atoms with van der Waals surface area (Å²) in [5.41, 5.74) is 6.29. The molecule has 0 amide bonds. The number of aromatic nitrogens is 2. The molecule has 1 unspecified atom stereocenters. The fourth-order valence-corrected chi connectivity index (χ4v) is 1.63. The Kier molecular flexibility index (Phi) is 2.49. The van der Waals surface area contributed by atoms with E-state index in [1.54, 1.807) is 6.20 Å². The molecule has 4 nitrogen and oxygen atoms in total. The largest absolute Gasteiger partial charge is 0.396 e. The van der Waals surface area contributed by atoms with E-state index in [1.807, 2.05) is 10.9 Å². The molecule has 0 aliphatic carbocycles. The van der Waals surface area contributed by atoms with Crippen LogP contribution >= 0.6 is 0 Å². The maximum Gasteiger partial charge on any atom is 0.0719 e. The van der Waals surface area contributed by atoms with Crippen LogP contribution in [0.4, 0.5) is 5.69 Å². The molecule has 13 heavy (non-hydrogen) atoms. The Morgan fingerprint density at radius 1 is 1.69 bits per heavy atom. The summed E-state index contributed by atoms with van der Waals surface area (Å²) in [6.07, 6.45) is 5.89. The summed E-state index contributed by atoms with van der Waals surface area (Å²) in [4.78, 5) is 0. The van der Waals surface area contributed by atoms with Crippen molar-refractivity contribution in [2.24, 2.45) is 5.92 Å². The average Bonchev–Trinajstić information content (AvgIpc) is 2.71. The Bertz CT molecular complexity index is 266. The van der Waals surface area contributed by atoms with Crippen molar-refractivity contribution in [1.29, 1.82) is 0 Å². The number of nitrogen functional groups attached to an aromatic ring is 1. The highest BCUT2D eigenvalue weighted by atomic mass is 16.5. The van der Waals surface area contributed by atoms with Crippen LogP contribution in [0.2, 0.25) is 0 Å². The molecule has 72 valence electrons. The van der Waals surface area contributed by atoms with Crippen LogP contribution in [-0.4, -0.2) is 23.0 Å². The normalized spacial score (nSPS) is 22.3. The zero-order valence-electron chi connectivity index (χ0n) is 7.65. The first-order chi connectivity index (χ1) is 6.34. The minimum atomic E-state index is 0.713. The third kappa shape index (κ3) is 2.21. The maximum atomic E-state index is 5.55. The van der Waals surface area contributed by atoms with E-state index in [-0.39, 0.29) is 0 Å². The van der Waals surface area contributed by atoms with Crippen LogP contribution in [-0.2, 0) is 11.3 Å². The van der Waals surface area contributed by atoms with Crippen molar-refractivity contribution in [1.82, 2.24) is 9.78 Å². The van der Waals surface area contributed by atoms with Gasteiger partial charge in [-0.2, -0.15) is 5.10 Å². The van der Waals surface area contributed by atoms with Crippen LogP contribution in [0, 0.1) is 5.92 Å². The minimum absolute atomic E-state index is 0.713. The first-order valence-corrected chi connectivity index (χ1v) is 4.70. The van der Waals surface area contributed by atoms with Crippen molar-refractivity contribution < 1.29 is 4.74 Å². The molecular weight excluding hydrogens is 166 g/mol. The van der Waals surface area contributed by atoms with Gasteiger partial charge >= 0.3 is 0 Å². The molecule has 2 heterocycles. The molecule has 0 spiro atoms. The lowest BCUT2D eigenvalue weighted by Gasteiger charge is -2.06. The Labute approximate surface area is 77.7 Å². The summed E-state index contributed by atoms with van der Waals surface area (Å²) in [6.45, 7) is 2.79. The van der Waals surface area contributed by atoms with Crippen molar-refractivity contribution in [3.63, 3.8) is 0 Å². The SMILES string of the molecule is Nc1cnn(CCC2CCOC2)c1. The lowest BCUT2D eigenvalue weighted by Crippen LogP contribution is -2.06. The Morgan fingerprint density at radius 2 is 2.62 bits per heavy atom. The molecule has 1 aromatic rings. The van der Waals surface area contributed by atoms with E-state index in [0.29, 0.717) is 5.92 Å². The standard InChI is InChI=1S/C9H15N3O/c10-9-5-11-12(6-9)3-1-8-2-4-13-7-8/h5-6,8H,1-4,7,10H2. The highest BCUT2D eigenvalue weighted by molar-refractivity contribution is 5.30. The van der Waals surface area contributed by atoms with Gasteiger partial charge in [0.05, 0.1) is 11.9 Å². The zero-order valence-corrected chi connectivity index (χ0v) is 7.65. The quantitative estimate of drug-likeness (QED) is 0.753. The van der Waals surface area contributed by atoms with Gasteiger partial charge in [0.2, 0.25) is 0 Å². The number of aryl methyl sites for hydroxylation is 1. The molecule has 1 atom stereocenters.